The van der Waals surface area contributed by atoms with Crippen LogP contribution >= 0.6 is 0 Å². The SMILES string of the molecule is CC1OC(C)C(C(=O)N2CCN[C@H](C)C2)C1C. The van der Waals surface area contributed by atoms with E-state index in [0.717, 1.165) is 19.6 Å². The molecular formula is C13H24N2O2. The summed E-state index contributed by atoms with van der Waals surface area (Å²) in [4.78, 5) is 14.5. The van der Waals surface area contributed by atoms with Gasteiger partial charge in [0.1, 0.15) is 0 Å². The van der Waals surface area contributed by atoms with Gasteiger partial charge in [-0.05, 0) is 26.7 Å². The molecule has 0 bridgehead atoms. The molecule has 1 N–H and O–H groups in total. The summed E-state index contributed by atoms with van der Waals surface area (Å²) in [5.41, 5.74) is 0. The third kappa shape index (κ3) is 2.47. The van der Waals surface area contributed by atoms with E-state index in [1.165, 1.54) is 0 Å². The molecule has 0 radical (unpaired) electrons. The molecule has 4 nitrogen and oxygen atoms in total. The summed E-state index contributed by atoms with van der Waals surface area (Å²) in [5.74, 6) is 0.640. The van der Waals surface area contributed by atoms with Crippen LogP contribution in [-0.2, 0) is 9.53 Å². The summed E-state index contributed by atoms with van der Waals surface area (Å²) in [7, 11) is 0. The zero-order chi connectivity index (χ0) is 12.6. The van der Waals surface area contributed by atoms with E-state index >= 15 is 0 Å². The van der Waals surface area contributed by atoms with Crippen LogP contribution in [0.2, 0.25) is 0 Å². The molecule has 1 amide bonds. The Kier molecular flexibility index (Phi) is 3.73. The lowest BCUT2D eigenvalue weighted by Crippen LogP contribution is -2.54. The second-order valence-electron chi connectivity index (χ2n) is 5.57. The number of rotatable bonds is 1. The average molecular weight is 240 g/mol. The van der Waals surface area contributed by atoms with E-state index in [4.69, 9.17) is 4.74 Å². The normalized spacial score (nSPS) is 42.8. The van der Waals surface area contributed by atoms with Crippen LogP contribution in [0.1, 0.15) is 27.7 Å². The van der Waals surface area contributed by atoms with Gasteiger partial charge in [0.2, 0.25) is 5.91 Å². The molecule has 0 aliphatic carbocycles. The molecule has 5 atom stereocenters. The Hall–Kier alpha value is -0.610. The molecule has 0 spiro atoms. The Morgan fingerprint density at radius 3 is 2.47 bits per heavy atom. The van der Waals surface area contributed by atoms with Crippen molar-refractivity contribution < 1.29 is 9.53 Å². The number of amides is 1. The summed E-state index contributed by atoms with van der Waals surface area (Å²) >= 11 is 0. The van der Waals surface area contributed by atoms with Crippen LogP contribution in [0.15, 0.2) is 0 Å². The van der Waals surface area contributed by atoms with E-state index in [1.54, 1.807) is 0 Å². The molecule has 2 heterocycles. The molecule has 0 aromatic carbocycles. The first-order valence-corrected chi connectivity index (χ1v) is 6.68. The molecule has 0 aromatic rings. The second kappa shape index (κ2) is 4.94. The van der Waals surface area contributed by atoms with E-state index in [2.05, 4.69) is 26.1 Å². The topological polar surface area (TPSA) is 41.6 Å². The highest BCUT2D eigenvalue weighted by Gasteiger charge is 2.43. The van der Waals surface area contributed by atoms with Crippen molar-refractivity contribution in [1.29, 1.82) is 0 Å². The molecule has 17 heavy (non-hydrogen) atoms. The molecule has 0 saturated carbocycles. The Bertz CT molecular complexity index is 295. The number of nitrogens with zero attached hydrogens (tertiary/aromatic N) is 1. The van der Waals surface area contributed by atoms with Crippen LogP contribution in [-0.4, -0.2) is 48.7 Å². The fourth-order valence-corrected chi connectivity index (χ4v) is 3.04. The van der Waals surface area contributed by atoms with Gasteiger partial charge in [-0.15, -0.1) is 0 Å². The van der Waals surface area contributed by atoms with Crippen molar-refractivity contribution in [3.8, 4) is 0 Å². The number of hydrogen-bond acceptors (Lipinski definition) is 3. The van der Waals surface area contributed by atoms with Crippen LogP contribution in [0.3, 0.4) is 0 Å². The van der Waals surface area contributed by atoms with Gasteiger partial charge in [0, 0.05) is 25.7 Å². The first-order valence-electron chi connectivity index (χ1n) is 6.68. The molecule has 4 unspecified atom stereocenters. The summed E-state index contributed by atoms with van der Waals surface area (Å²) in [6, 6.07) is 0.401. The standard InChI is InChI=1S/C13H24N2O2/c1-8-7-15(6-5-14-8)13(16)12-9(2)10(3)17-11(12)4/h8-12,14H,5-7H2,1-4H3/t8-,9?,10?,11?,12?/m1/s1. The molecule has 98 valence electrons. The predicted octanol–water partition coefficient (Wildman–Crippen LogP) is 0.866. The van der Waals surface area contributed by atoms with E-state index < -0.39 is 0 Å². The highest BCUT2D eigenvalue weighted by Crippen LogP contribution is 2.33. The predicted molar refractivity (Wildman–Crippen MR) is 66.7 cm³/mol. The Morgan fingerprint density at radius 2 is 1.94 bits per heavy atom. The van der Waals surface area contributed by atoms with E-state index in [-0.39, 0.29) is 24.0 Å². The van der Waals surface area contributed by atoms with Gasteiger partial charge in [-0.25, -0.2) is 0 Å². The number of carbonyl (C=O) groups excluding carboxylic acids is 1. The van der Waals surface area contributed by atoms with Crippen molar-refractivity contribution in [3.63, 3.8) is 0 Å². The number of ether oxygens (including phenoxy) is 1. The Labute approximate surface area is 104 Å². The first kappa shape index (κ1) is 12.8. The third-order valence-electron chi connectivity index (χ3n) is 4.21. The van der Waals surface area contributed by atoms with Gasteiger partial charge in [-0.2, -0.15) is 0 Å². The van der Waals surface area contributed by atoms with Crippen molar-refractivity contribution in [3.05, 3.63) is 0 Å². The molecule has 2 rings (SSSR count). The smallest absolute Gasteiger partial charge is 0.228 e. The number of nitrogens with one attached hydrogen (secondary N) is 1. The lowest BCUT2D eigenvalue weighted by Gasteiger charge is -2.35. The molecule has 2 fully saturated rings. The first-order chi connectivity index (χ1) is 8.00. The maximum atomic E-state index is 12.5. The number of piperazine rings is 1. The summed E-state index contributed by atoms with van der Waals surface area (Å²) in [6.07, 6.45) is 0.247. The van der Waals surface area contributed by atoms with Crippen molar-refractivity contribution in [1.82, 2.24) is 10.2 Å². The highest BCUT2D eigenvalue weighted by molar-refractivity contribution is 5.80. The van der Waals surface area contributed by atoms with Crippen molar-refractivity contribution in [2.24, 2.45) is 11.8 Å². The Balaban J connectivity index is 2.04. The molecule has 0 aromatic heterocycles. The zero-order valence-corrected chi connectivity index (χ0v) is 11.3. The molecule has 2 aliphatic rings. The third-order valence-corrected chi connectivity index (χ3v) is 4.21. The van der Waals surface area contributed by atoms with Gasteiger partial charge in [-0.3, -0.25) is 4.79 Å². The van der Waals surface area contributed by atoms with Crippen LogP contribution in [0.25, 0.3) is 0 Å². The molecular weight excluding hydrogens is 216 g/mol. The summed E-state index contributed by atoms with van der Waals surface area (Å²) < 4.78 is 5.76. The second-order valence-corrected chi connectivity index (χ2v) is 5.57. The summed E-state index contributed by atoms with van der Waals surface area (Å²) in [5, 5.41) is 3.36. The van der Waals surface area contributed by atoms with Gasteiger partial charge in [0.15, 0.2) is 0 Å². The maximum absolute atomic E-state index is 12.5. The minimum atomic E-state index is 0.0373. The van der Waals surface area contributed by atoms with Crippen LogP contribution in [0, 0.1) is 11.8 Å². The monoisotopic (exact) mass is 240 g/mol. The number of carbonyl (C=O) groups is 1. The summed E-state index contributed by atoms with van der Waals surface area (Å²) in [6.45, 7) is 10.9. The van der Waals surface area contributed by atoms with Gasteiger partial charge in [-0.1, -0.05) is 6.92 Å². The molecule has 4 heteroatoms. The lowest BCUT2D eigenvalue weighted by atomic mass is 9.88. The molecule has 2 aliphatic heterocycles. The minimum Gasteiger partial charge on any atom is -0.374 e. The zero-order valence-electron chi connectivity index (χ0n) is 11.3. The van der Waals surface area contributed by atoms with Crippen molar-refractivity contribution in [2.75, 3.05) is 19.6 Å². The van der Waals surface area contributed by atoms with Crippen LogP contribution < -0.4 is 5.32 Å². The van der Waals surface area contributed by atoms with Crippen LogP contribution in [0.5, 0.6) is 0 Å². The van der Waals surface area contributed by atoms with Gasteiger partial charge >= 0.3 is 0 Å². The lowest BCUT2D eigenvalue weighted by molar-refractivity contribution is -0.139. The van der Waals surface area contributed by atoms with Gasteiger partial charge in [0.25, 0.3) is 0 Å². The van der Waals surface area contributed by atoms with Crippen LogP contribution in [0.4, 0.5) is 0 Å². The maximum Gasteiger partial charge on any atom is 0.228 e. The van der Waals surface area contributed by atoms with Gasteiger partial charge < -0.3 is 15.0 Å². The van der Waals surface area contributed by atoms with Crippen molar-refractivity contribution in [2.45, 2.75) is 45.9 Å². The molecule has 2 saturated heterocycles. The fourth-order valence-electron chi connectivity index (χ4n) is 3.04. The largest absolute Gasteiger partial charge is 0.374 e. The van der Waals surface area contributed by atoms with Crippen molar-refractivity contribution >= 4 is 5.91 Å². The Morgan fingerprint density at radius 1 is 1.24 bits per heavy atom. The average Bonchev–Trinajstić information content (AvgIpc) is 2.52. The van der Waals surface area contributed by atoms with Gasteiger partial charge in [0.05, 0.1) is 18.1 Å². The van der Waals surface area contributed by atoms with E-state index in [1.807, 2.05) is 11.8 Å². The quantitative estimate of drug-likeness (QED) is 0.739. The fraction of sp³-hybridized carbons (Fsp3) is 0.923. The minimum absolute atomic E-state index is 0.0373. The van der Waals surface area contributed by atoms with E-state index in [9.17, 15) is 4.79 Å². The van der Waals surface area contributed by atoms with E-state index in [0.29, 0.717) is 12.0 Å². The number of hydrogen-bond donors (Lipinski definition) is 1. The highest BCUT2D eigenvalue weighted by atomic mass is 16.5.